The molecule has 0 fully saturated rings. The highest BCUT2D eigenvalue weighted by Crippen LogP contribution is 2.26. The molecule has 3 heterocycles. The molecule has 0 aliphatic heterocycles. The number of para-hydroxylation sites is 2. The Morgan fingerprint density at radius 1 is 1.24 bits per heavy atom. The molecule has 4 rings (SSSR count). The molecule has 10 nitrogen and oxygen atoms in total. The minimum Gasteiger partial charge on any atom is -0.379 e. The van der Waals surface area contributed by atoms with Crippen LogP contribution in [0.1, 0.15) is 5.82 Å². The molecule has 4 aromatic rings. The molecule has 0 radical (unpaired) electrons. The number of benzene rings is 1. The van der Waals surface area contributed by atoms with Gasteiger partial charge in [0.2, 0.25) is 0 Å². The van der Waals surface area contributed by atoms with Gasteiger partial charge in [-0.1, -0.05) is 12.1 Å². The molecule has 10 heteroatoms. The summed E-state index contributed by atoms with van der Waals surface area (Å²) in [5.74, 6) is 1.17. The highest BCUT2D eigenvalue weighted by Gasteiger charge is 2.18. The molecule has 0 aliphatic rings. The first-order chi connectivity index (χ1) is 10.3. The van der Waals surface area contributed by atoms with Crippen molar-refractivity contribution in [2.45, 2.75) is 6.54 Å². The molecule has 104 valence electrons. The van der Waals surface area contributed by atoms with Gasteiger partial charge in [-0.25, -0.2) is 9.61 Å². The first-order valence-electron chi connectivity index (χ1n) is 6.04. The number of nitrogen functional groups attached to an aromatic ring is 1. The van der Waals surface area contributed by atoms with E-state index in [4.69, 9.17) is 5.73 Å². The van der Waals surface area contributed by atoms with Crippen LogP contribution in [0.15, 0.2) is 28.9 Å². The third-order valence-electron chi connectivity index (χ3n) is 3.04. The lowest BCUT2D eigenvalue weighted by atomic mass is 10.3. The van der Waals surface area contributed by atoms with Crippen LogP contribution < -0.4 is 10.8 Å². The average molecular weight is 282 g/mol. The van der Waals surface area contributed by atoms with Crippen LogP contribution in [0.2, 0.25) is 0 Å². The number of hydrogen-bond donors (Lipinski definition) is 1. The third-order valence-corrected chi connectivity index (χ3v) is 3.04. The van der Waals surface area contributed by atoms with Gasteiger partial charge >= 0.3 is 0 Å². The van der Waals surface area contributed by atoms with Crippen molar-refractivity contribution in [3.63, 3.8) is 0 Å². The van der Waals surface area contributed by atoms with Crippen LogP contribution in [0, 0.1) is 0 Å². The zero-order valence-electron chi connectivity index (χ0n) is 10.6. The molecule has 0 spiro atoms. The Kier molecular flexibility index (Phi) is 2.40. The van der Waals surface area contributed by atoms with Gasteiger partial charge < -0.3 is 15.4 Å². The quantitative estimate of drug-likeness (QED) is 0.544. The highest BCUT2D eigenvalue weighted by molar-refractivity contribution is 5.81. The molecule has 21 heavy (non-hydrogen) atoms. The lowest BCUT2D eigenvalue weighted by Gasteiger charge is -2.07. The van der Waals surface area contributed by atoms with E-state index in [1.165, 1.54) is 0 Å². The van der Waals surface area contributed by atoms with E-state index in [2.05, 4.69) is 40.6 Å². The van der Waals surface area contributed by atoms with Crippen molar-refractivity contribution < 1.29 is 4.63 Å². The van der Waals surface area contributed by atoms with E-state index >= 15 is 0 Å². The fourth-order valence-corrected chi connectivity index (χ4v) is 2.13. The van der Waals surface area contributed by atoms with Gasteiger partial charge in [-0.2, -0.15) is 5.21 Å². The zero-order chi connectivity index (χ0) is 14.2. The summed E-state index contributed by atoms with van der Waals surface area (Å²) in [6.07, 6.45) is 0. The van der Waals surface area contributed by atoms with Gasteiger partial charge in [0.15, 0.2) is 17.3 Å². The first-order valence-corrected chi connectivity index (χ1v) is 6.04. The number of tetrazole rings is 1. The summed E-state index contributed by atoms with van der Waals surface area (Å²) in [5.41, 5.74) is 7.82. The van der Waals surface area contributed by atoms with E-state index < -0.39 is 0 Å². The molecule has 3 aromatic heterocycles. The fraction of sp³-hybridized carbons (Fsp3) is 0.0909. The smallest absolute Gasteiger partial charge is 0.199 e. The van der Waals surface area contributed by atoms with Gasteiger partial charge in [-0.05, 0) is 22.4 Å². The minimum absolute atomic E-state index is 0.172. The van der Waals surface area contributed by atoms with Gasteiger partial charge in [-0.3, -0.25) is 10.3 Å². The minimum atomic E-state index is 0.172. The highest BCUT2D eigenvalue weighted by atomic mass is 16.6. The Labute approximate surface area is 116 Å². The molecule has 2 N–H and O–H groups in total. The SMILES string of the molecule is Nc1nonc1-c1nc2ccccc2n1Cc1nnn[n-]1. The van der Waals surface area contributed by atoms with Gasteiger partial charge in [0.1, 0.15) is 0 Å². The van der Waals surface area contributed by atoms with Crippen molar-refractivity contribution in [2.75, 3.05) is 5.73 Å². The summed E-state index contributed by atoms with van der Waals surface area (Å²) in [6, 6.07) is 7.63. The molecule has 0 bridgehead atoms. The maximum atomic E-state index is 5.76. The van der Waals surface area contributed by atoms with Gasteiger partial charge in [0.25, 0.3) is 0 Å². The molecule has 0 saturated heterocycles. The lowest BCUT2D eigenvalue weighted by molar-refractivity contribution is 0.310. The topological polar surface area (TPSA) is 136 Å². The Balaban J connectivity index is 1.95. The molecular weight excluding hydrogens is 274 g/mol. The Morgan fingerprint density at radius 3 is 2.90 bits per heavy atom. The van der Waals surface area contributed by atoms with Crippen LogP contribution in [0.3, 0.4) is 0 Å². The van der Waals surface area contributed by atoms with Crippen LogP contribution in [0.5, 0.6) is 0 Å². The number of nitrogens with zero attached hydrogens (tertiary/aromatic N) is 8. The number of fused-ring (bicyclic) bond motifs is 1. The molecular formula is C11H8N9O-. The summed E-state index contributed by atoms with van der Waals surface area (Å²) >= 11 is 0. The second-order valence-electron chi connectivity index (χ2n) is 4.30. The van der Waals surface area contributed by atoms with E-state index in [9.17, 15) is 0 Å². The Hall–Kier alpha value is -3.30. The lowest BCUT2D eigenvalue weighted by Crippen LogP contribution is -2.06. The normalized spacial score (nSPS) is 11.2. The summed E-state index contributed by atoms with van der Waals surface area (Å²) in [5, 5.41) is 22.0. The van der Waals surface area contributed by atoms with Gasteiger partial charge in [-0.15, -0.1) is 0 Å². The van der Waals surface area contributed by atoms with E-state index in [1.807, 2.05) is 28.8 Å². The standard InChI is InChI=1S/C11H8N9O/c12-10-9(16-21-17-10)11-13-6-3-1-2-4-7(6)20(11)5-8-14-18-19-15-8/h1-4H,5H2,(H2-,12,14,15,17,18,19)/q-1. The van der Waals surface area contributed by atoms with Gasteiger partial charge in [0.05, 0.1) is 17.6 Å². The molecule has 1 aromatic carbocycles. The second kappa shape index (κ2) is 4.37. The number of aromatic nitrogens is 8. The maximum Gasteiger partial charge on any atom is 0.199 e. The first kappa shape index (κ1) is 11.5. The van der Waals surface area contributed by atoms with Crippen molar-refractivity contribution in [3.8, 4) is 11.5 Å². The zero-order valence-corrected chi connectivity index (χ0v) is 10.6. The number of hydrogen-bond acceptors (Lipinski definition) is 8. The Morgan fingerprint density at radius 2 is 2.14 bits per heavy atom. The fourth-order valence-electron chi connectivity index (χ4n) is 2.13. The number of rotatable bonds is 3. The number of imidazole rings is 1. The van der Waals surface area contributed by atoms with Crippen LogP contribution in [0.25, 0.3) is 22.6 Å². The molecule has 0 atom stereocenters. The molecule has 0 amide bonds. The van der Waals surface area contributed by atoms with Crippen molar-refractivity contribution in [1.29, 1.82) is 0 Å². The van der Waals surface area contributed by atoms with E-state index in [1.54, 1.807) is 0 Å². The van der Waals surface area contributed by atoms with Crippen molar-refractivity contribution in [1.82, 2.24) is 40.5 Å². The molecule has 0 aliphatic carbocycles. The number of anilines is 1. The van der Waals surface area contributed by atoms with Crippen molar-refractivity contribution in [2.24, 2.45) is 0 Å². The average Bonchev–Trinajstić information content (AvgIpc) is 3.20. The van der Waals surface area contributed by atoms with Crippen LogP contribution in [0.4, 0.5) is 5.82 Å². The number of nitrogens with two attached hydrogens (primary N) is 1. The van der Waals surface area contributed by atoms with Gasteiger partial charge in [0, 0.05) is 5.82 Å². The molecule has 0 saturated carbocycles. The van der Waals surface area contributed by atoms with E-state index in [-0.39, 0.29) is 5.82 Å². The third kappa shape index (κ3) is 1.81. The summed E-state index contributed by atoms with van der Waals surface area (Å²) < 4.78 is 6.52. The predicted octanol–water partition coefficient (Wildman–Crippen LogP) is -0.141. The van der Waals surface area contributed by atoms with Crippen LogP contribution >= 0.6 is 0 Å². The summed E-state index contributed by atoms with van der Waals surface area (Å²) in [4.78, 5) is 4.52. The summed E-state index contributed by atoms with van der Waals surface area (Å²) in [6.45, 7) is 0.342. The molecule has 0 unspecified atom stereocenters. The largest absolute Gasteiger partial charge is 0.379 e. The van der Waals surface area contributed by atoms with Crippen LogP contribution in [-0.4, -0.2) is 35.4 Å². The Bertz CT molecular complexity index is 892. The van der Waals surface area contributed by atoms with Crippen molar-refractivity contribution in [3.05, 3.63) is 30.1 Å². The predicted molar refractivity (Wildman–Crippen MR) is 69.7 cm³/mol. The van der Waals surface area contributed by atoms with E-state index in [0.29, 0.717) is 23.9 Å². The van der Waals surface area contributed by atoms with Crippen LogP contribution in [-0.2, 0) is 6.54 Å². The monoisotopic (exact) mass is 282 g/mol. The maximum absolute atomic E-state index is 5.76. The van der Waals surface area contributed by atoms with E-state index in [0.717, 1.165) is 11.0 Å². The second-order valence-corrected chi connectivity index (χ2v) is 4.30. The summed E-state index contributed by atoms with van der Waals surface area (Å²) in [7, 11) is 0. The van der Waals surface area contributed by atoms with Crippen molar-refractivity contribution >= 4 is 16.9 Å².